The van der Waals surface area contributed by atoms with E-state index in [0.717, 1.165) is 32.2 Å². The molecule has 4 saturated carbocycles. The molecule has 8 heteroatoms. The lowest BCUT2D eigenvalue weighted by molar-refractivity contribution is -0.317. The molecule has 8 nitrogen and oxygen atoms in total. The van der Waals surface area contributed by atoms with E-state index in [1.807, 2.05) is 0 Å². The summed E-state index contributed by atoms with van der Waals surface area (Å²) in [7, 11) is 0. The average Bonchev–Trinajstić information content (AvgIpc) is 3.31. The zero-order valence-corrected chi connectivity index (χ0v) is 25.6. The zero-order valence-electron chi connectivity index (χ0n) is 25.6. The normalized spacial score (nSPS) is 54.5. The maximum atomic E-state index is 11.7. The highest BCUT2D eigenvalue weighted by atomic mass is 16.7. The van der Waals surface area contributed by atoms with Gasteiger partial charge in [0.25, 0.3) is 0 Å². The van der Waals surface area contributed by atoms with Gasteiger partial charge >= 0.3 is 0 Å². The van der Waals surface area contributed by atoms with E-state index in [1.165, 1.54) is 37.8 Å². The lowest BCUT2D eigenvalue weighted by atomic mass is 9.43. The Kier molecular flexibility index (Phi) is 8.45. The molecule has 4 aliphatic carbocycles. The zero-order chi connectivity index (χ0) is 29.3. The first-order chi connectivity index (χ1) is 19.5. The van der Waals surface area contributed by atoms with Crippen molar-refractivity contribution >= 4 is 5.71 Å². The number of aliphatic hydroxyl groups excluding tert-OH is 5. The highest BCUT2D eigenvalue weighted by Gasteiger charge is 2.63. The van der Waals surface area contributed by atoms with Gasteiger partial charge in [0, 0.05) is 12.3 Å². The number of nitrogens with zero attached hydrogens (tertiary/aromatic N) is 1. The Bertz CT molecular complexity index is 975. The summed E-state index contributed by atoms with van der Waals surface area (Å²) in [6, 6.07) is 0. The highest BCUT2D eigenvalue weighted by Crippen LogP contribution is 2.68. The molecule has 5 N–H and O–H groups in total. The molecule has 2 heterocycles. The second-order valence-corrected chi connectivity index (χ2v) is 15.5. The SMILES string of the molecule is C[C@H]1CCC([C@@H](C)[C@H]2CC[C@@H]3[C@@H]4C[C@@H](O)[C@H]5C[C@@H](O[C@@H]6O[C@H](CO)[C@@H](O)[C@H](O)[C@H]6O)CC[C@]5(C)[C@@H]4CC[C@@]32C)=NC1. The van der Waals surface area contributed by atoms with Gasteiger partial charge in [-0.05, 0) is 116 Å². The number of hydrogen-bond donors (Lipinski definition) is 5. The molecular weight excluding hydrogens is 522 g/mol. The summed E-state index contributed by atoms with van der Waals surface area (Å²) in [6.45, 7) is 10.3. The molecule has 6 rings (SSSR count). The Labute approximate surface area is 245 Å². The van der Waals surface area contributed by atoms with Gasteiger partial charge in [-0.15, -0.1) is 0 Å². The van der Waals surface area contributed by atoms with Crippen molar-refractivity contribution < 1.29 is 35.0 Å². The second kappa shape index (κ2) is 11.4. The molecule has 0 bridgehead atoms. The number of ether oxygens (including phenoxy) is 2. The van der Waals surface area contributed by atoms with Crippen LogP contribution in [0.2, 0.25) is 0 Å². The van der Waals surface area contributed by atoms with Crippen LogP contribution in [0.5, 0.6) is 0 Å². The van der Waals surface area contributed by atoms with Gasteiger partial charge in [-0.25, -0.2) is 0 Å². The fourth-order valence-electron chi connectivity index (χ4n) is 11.1. The fraction of sp³-hybridized carbons (Fsp3) is 0.970. The van der Waals surface area contributed by atoms with Crippen LogP contribution in [0.15, 0.2) is 4.99 Å². The number of hydrogen-bond acceptors (Lipinski definition) is 8. The van der Waals surface area contributed by atoms with Crippen LogP contribution in [-0.2, 0) is 9.47 Å². The van der Waals surface area contributed by atoms with E-state index >= 15 is 0 Å². The van der Waals surface area contributed by atoms with E-state index in [-0.39, 0.29) is 23.5 Å². The lowest BCUT2D eigenvalue weighted by Crippen LogP contribution is -2.61. The topological polar surface area (TPSA) is 132 Å². The molecule has 16 atom stereocenters. The number of rotatable bonds is 5. The largest absolute Gasteiger partial charge is 0.394 e. The van der Waals surface area contributed by atoms with E-state index in [2.05, 4.69) is 27.7 Å². The maximum absolute atomic E-state index is 11.7. The molecule has 0 spiro atoms. The van der Waals surface area contributed by atoms with Crippen LogP contribution in [0.3, 0.4) is 0 Å². The third-order valence-electron chi connectivity index (χ3n) is 13.5. The average molecular weight is 578 g/mol. The minimum absolute atomic E-state index is 0.0478. The molecule has 234 valence electrons. The van der Waals surface area contributed by atoms with Gasteiger partial charge in [-0.1, -0.05) is 27.7 Å². The van der Waals surface area contributed by atoms with Gasteiger partial charge < -0.3 is 35.0 Å². The highest BCUT2D eigenvalue weighted by molar-refractivity contribution is 5.87. The van der Waals surface area contributed by atoms with Crippen LogP contribution in [0.1, 0.15) is 91.9 Å². The molecule has 2 aliphatic heterocycles. The molecule has 5 fully saturated rings. The van der Waals surface area contributed by atoms with Crippen molar-refractivity contribution in [3.05, 3.63) is 0 Å². The Balaban J connectivity index is 1.14. The van der Waals surface area contributed by atoms with Crippen LogP contribution in [0.25, 0.3) is 0 Å². The maximum Gasteiger partial charge on any atom is 0.186 e. The molecule has 0 amide bonds. The van der Waals surface area contributed by atoms with Gasteiger partial charge in [0.2, 0.25) is 0 Å². The van der Waals surface area contributed by atoms with E-state index < -0.39 is 37.3 Å². The van der Waals surface area contributed by atoms with Crippen molar-refractivity contribution in [2.45, 2.75) is 135 Å². The number of aliphatic imine (C=N–C) groups is 1. The monoisotopic (exact) mass is 577 g/mol. The first-order valence-electron chi connectivity index (χ1n) is 16.6. The summed E-state index contributed by atoms with van der Waals surface area (Å²) in [6.07, 6.45) is 3.87. The lowest BCUT2D eigenvalue weighted by Gasteiger charge is -2.62. The van der Waals surface area contributed by atoms with E-state index in [4.69, 9.17) is 14.5 Å². The van der Waals surface area contributed by atoms with Crippen molar-refractivity contribution in [2.75, 3.05) is 13.2 Å². The van der Waals surface area contributed by atoms with Crippen LogP contribution in [0.4, 0.5) is 0 Å². The van der Waals surface area contributed by atoms with Gasteiger partial charge in [0.1, 0.15) is 24.4 Å². The first-order valence-corrected chi connectivity index (χ1v) is 16.6. The molecule has 6 aliphatic rings. The summed E-state index contributed by atoms with van der Waals surface area (Å²) in [5.41, 5.74) is 1.83. The van der Waals surface area contributed by atoms with Crippen LogP contribution in [0, 0.1) is 52.3 Å². The van der Waals surface area contributed by atoms with Crippen LogP contribution < -0.4 is 0 Å². The predicted octanol–water partition coefficient (Wildman–Crippen LogP) is 3.31. The van der Waals surface area contributed by atoms with Crippen molar-refractivity contribution in [3.63, 3.8) is 0 Å². The van der Waals surface area contributed by atoms with E-state index in [9.17, 15) is 25.5 Å². The molecule has 1 saturated heterocycles. The Morgan fingerprint density at radius 3 is 2.34 bits per heavy atom. The Morgan fingerprint density at radius 1 is 0.902 bits per heavy atom. The minimum atomic E-state index is -1.44. The Morgan fingerprint density at radius 2 is 1.63 bits per heavy atom. The van der Waals surface area contributed by atoms with Crippen LogP contribution in [-0.4, -0.2) is 87.3 Å². The summed E-state index contributed by atoms with van der Waals surface area (Å²) >= 11 is 0. The van der Waals surface area contributed by atoms with Crippen molar-refractivity contribution in [3.8, 4) is 0 Å². The molecule has 0 radical (unpaired) electrons. The predicted molar refractivity (Wildman–Crippen MR) is 155 cm³/mol. The second-order valence-electron chi connectivity index (χ2n) is 15.5. The molecule has 0 aromatic rings. The molecule has 0 aromatic heterocycles. The third kappa shape index (κ3) is 5.05. The van der Waals surface area contributed by atoms with E-state index in [1.54, 1.807) is 0 Å². The quantitative estimate of drug-likeness (QED) is 0.317. The van der Waals surface area contributed by atoms with Gasteiger partial charge in [-0.3, -0.25) is 4.99 Å². The van der Waals surface area contributed by atoms with E-state index in [0.29, 0.717) is 47.3 Å². The smallest absolute Gasteiger partial charge is 0.186 e. The molecule has 41 heavy (non-hydrogen) atoms. The van der Waals surface area contributed by atoms with Crippen molar-refractivity contribution in [1.82, 2.24) is 0 Å². The van der Waals surface area contributed by atoms with Crippen LogP contribution >= 0.6 is 0 Å². The minimum Gasteiger partial charge on any atom is -0.394 e. The summed E-state index contributed by atoms with van der Waals surface area (Å²) in [4.78, 5) is 5.05. The first kappa shape index (κ1) is 30.4. The van der Waals surface area contributed by atoms with Gasteiger partial charge in [0.15, 0.2) is 6.29 Å². The fourth-order valence-corrected chi connectivity index (χ4v) is 11.1. The summed E-state index contributed by atoms with van der Waals surface area (Å²) in [5.74, 6) is 3.89. The van der Waals surface area contributed by atoms with Crippen molar-refractivity contribution in [1.29, 1.82) is 0 Å². The van der Waals surface area contributed by atoms with Crippen molar-refractivity contribution in [2.24, 2.45) is 57.2 Å². The van der Waals surface area contributed by atoms with Gasteiger partial charge in [0.05, 0.1) is 18.8 Å². The molecule has 0 aromatic carbocycles. The standard InChI is InChI=1S/C33H55NO7/c1-17-5-8-25(34-15-17)18(2)21-6-7-22-20-14-26(36)24-13-19(9-11-33(24,4)23(20)10-12-32(21,22)3)40-31-30(39)29(38)28(37)27(16-35)41-31/h17-24,26-31,35-39H,5-16H2,1-4H3/t17-,18-,19-,20-,21+,22+,23+,24+,26+,27+,28+,29-,30+,31+,32+,33+/m0/s1. The number of aliphatic hydroxyl groups is 5. The van der Waals surface area contributed by atoms with Gasteiger partial charge in [-0.2, -0.15) is 0 Å². The molecular formula is C33H55NO7. The number of fused-ring (bicyclic) bond motifs is 5. The summed E-state index contributed by atoms with van der Waals surface area (Å²) < 4.78 is 11.8. The Hall–Kier alpha value is -0.610. The third-order valence-corrected chi connectivity index (χ3v) is 13.5. The summed E-state index contributed by atoms with van der Waals surface area (Å²) in [5, 5.41) is 52.1. The molecule has 0 unspecified atom stereocenters.